The third-order valence-corrected chi connectivity index (χ3v) is 2.12. The number of hydrogen-bond acceptors (Lipinski definition) is 4. The van der Waals surface area contributed by atoms with Crippen molar-refractivity contribution in [2.24, 2.45) is 5.73 Å². The number of amides is 1. The van der Waals surface area contributed by atoms with E-state index in [4.69, 9.17) is 21.1 Å². The van der Waals surface area contributed by atoms with Gasteiger partial charge < -0.3 is 21.1 Å². The molecular formula is C13H17NO5. The Kier molecular flexibility index (Phi) is 6.73. The van der Waals surface area contributed by atoms with Gasteiger partial charge in [-0.2, -0.15) is 0 Å². The molecule has 0 aliphatic rings. The highest BCUT2D eigenvalue weighted by molar-refractivity contribution is 5.91. The minimum absolute atomic E-state index is 0.0553. The van der Waals surface area contributed by atoms with Crippen LogP contribution in [0.3, 0.4) is 0 Å². The monoisotopic (exact) mass is 267 g/mol. The second-order valence-electron chi connectivity index (χ2n) is 3.67. The molecule has 0 radical (unpaired) electrons. The number of aromatic carboxylic acids is 1. The van der Waals surface area contributed by atoms with Gasteiger partial charge in [-0.25, -0.2) is 4.79 Å². The van der Waals surface area contributed by atoms with Crippen molar-refractivity contribution in [3.63, 3.8) is 0 Å². The fraction of sp³-hybridized carbons (Fsp3) is 0.231. The molecule has 0 bridgehead atoms. The summed E-state index contributed by atoms with van der Waals surface area (Å²) in [7, 11) is 0. The number of rotatable bonds is 3. The lowest BCUT2D eigenvalue weighted by atomic mass is 10.2. The van der Waals surface area contributed by atoms with Crippen molar-refractivity contribution < 1.29 is 24.9 Å². The Morgan fingerprint density at radius 3 is 2.16 bits per heavy atom. The van der Waals surface area contributed by atoms with Crippen LogP contribution in [0.1, 0.15) is 30.6 Å². The van der Waals surface area contributed by atoms with Gasteiger partial charge in [0.05, 0.1) is 5.56 Å². The zero-order valence-electron chi connectivity index (χ0n) is 10.8. The van der Waals surface area contributed by atoms with E-state index < -0.39 is 11.7 Å². The van der Waals surface area contributed by atoms with Crippen LogP contribution >= 0.6 is 0 Å². The summed E-state index contributed by atoms with van der Waals surface area (Å²) in [5, 5.41) is 26.0. The number of nitrogens with two attached hydrogens (primary N) is 1. The van der Waals surface area contributed by atoms with E-state index in [1.54, 1.807) is 6.92 Å². The highest BCUT2D eigenvalue weighted by atomic mass is 16.4. The molecular weight excluding hydrogens is 250 g/mol. The highest BCUT2D eigenvalue weighted by Crippen LogP contribution is 2.24. The van der Waals surface area contributed by atoms with Crippen molar-refractivity contribution in [3.8, 4) is 11.5 Å². The predicted octanol–water partition coefficient (Wildman–Crippen LogP) is 1.62. The molecule has 0 heterocycles. The molecule has 5 N–H and O–H groups in total. The normalized spacial score (nSPS) is 10.3. The number of benzene rings is 1. The summed E-state index contributed by atoms with van der Waals surface area (Å²) < 4.78 is 0. The van der Waals surface area contributed by atoms with E-state index in [9.17, 15) is 9.59 Å². The number of phenolic OH excluding ortho intramolecular Hbond substituents is 2. The van der Waals surface area contributed by atoms with Crippen LogP contribution in [0.2, 0.25) is 0 Å². The van der Waals surface area contributed by atoms with E-state index in [0.717, 1.165) is 18.6 Å². The second kappa shape index (κ2) is 7.75. The molecule has 0 aromatic heterocycles. The first-order chi connectivity index (χ1) is 8.79. The second-order valence-corrected chi connectivity index (χ2v) is 3.67. The first-order valence-electron chi connectivity index (χ1n) is 5.51. The van der Waals surface area contributed by atoms with Gasteiger partial charge in [0.15, 0.2) is 11.5 Å². The average Bonchev–Trinajstić information content (AvgIpc) is 2.33. The van der Waals surface area contributed by atoms with E-state index in [1.165, 1.54) is 6.07 Å². The lowest BCUT2D eigenvalue weighted by Crippen LogP contribution is -2.11. The molecule has 0 fully saturated rings. The van der Waals surface area contributed by atoms with Gasteiger partial charge >= 0.3 is 5.97 Å². The molecule has 1 amide bonds. The van der Waals surface area contributed by atoms with Gasteiger partial charge in [0.1, 0.15) is 0 Å². The molecule has 1 aromatic carbocycles. The number of carbonyl (C=O) groups excluding carboxylic acids is 1. The number of allylic oxidation sites excluding steroid dienone is 1. The van der Waals surface area contributed by atoms with Gasteiger partial charge in [-0.1, -0.05) is 13.0 Å². The molecule has 0 saturated heterocycles. The maximum Gasteiger partial charge on any atom is 0.335 e. The van der Waals surface area contributed by atoms with E-state index in [0.29, 0.717) is 5.57 Å². The predicted molar refractivity (Wildman–Crippen MR) is 70.0 cm³/mol. The summed E-state index contributed by atoms with van der Waals surface area (Å²) >= 11 is 0. The van der Waals surface area contributed by atoms with E-state index in [-0.39, 0.29) is 17.2 Å². The molecule has 0 aliphatic heterocycles. The summed E-state index contributed by atoms with van der Waals surface area (Å²) in [6.45, 7) is 3.68. The molecule has 1 rings (SSSR count). The first-order valence-corrected chi connectivity index (χ1v) is 5.51. The molecule has 1 aromatic rings. The average molecular weight is 267 g/mol. The minimum atomic E-state index is -1.14. The fourth-order valence-corrected chi connectivity index (χ4v) is 1.06. The highest BCUT2D eigenvalue weighted by Gasteiger charge is 2.05. The number of carbonyl (C=O) groups is 2. The lowest BCUT2D eigenvalue weighted by Gasteiger charge is -1.97. The summed E-state index contributed by atoms with van der Waals surface area (Å²) in [4.78, 5) is 20.5. The molecule has 19 heavy (non-hydrogen) atoms. The number of phenols is 2. The number of primary amides is 1. The summed E-state index contributed by atoms with van der Waals surface area (Å²) in [5.74, 6) is -2.22. The number of carboxylic acid groups (broad SMARTS) is 1. The van der Waals surface area contributed by atoms with E-state index in [1.807, 2.05) is 13.0 Å². The number of carboxylic acids is 1. The van der Waals surface area contributed by atoms with Gasteiger partial charge in [-0.05, 0) is 31.5 Å². The van der Waals surface area contributed by atoms with Crippen molar-refractivity contribution in [1.29, 1.82) is 0 Å². The van der Waals surface area contributed by atoms with Crippen LogP contribution in [0.5, 0.6) is 11.5 Å². The smallest absolute Gasteiger partial charge is 0.335 e. The van der Waals surface area contributed by atoms with Gasteiger partial charge in [0, 0.05) is 5.57 Å². The molecule has 0 saturated carbocycles. The Morgan fingerprint density at radius 1 is 1.26 bits per heavy atom. The Morgan fingerprint density at radius 2 is 1.84 bits per heavy atom. The quantitative estimate of drug-likeness (QED) is 0.490. The van der Waals surface area contributed by atoms with Crippen LogP contribution < -0.4 is 5.73 Å². The van der Waals surface area contributed by atoms with Gasteiger partial charge in [-0.15, -0.1) is 0 Å². The third-order valence-electron chi connectivity index (χ3n) is 2.12. The Balaban J connectivity index is 0.000000362. The maximum atomic E-state index is 10.3. The summed E-state index contributed by atoms with van der Waals surface area (Å²) in [5.41, 5.74) is 5.51. The number of hydrogen-bond donors (Lipinski definition) is 4. The molecule has 0 atom stereocenters. The number of aromatic hydroxyl groups is 2. The Bertz CT molecular complexity index is 494. The van der Waals surface area contributed by atoms with Crippen molar-refractivity contribution in [1.82, 2.24) is 0 Å². The van der Waals surface area contributed by atoms with Crippen molar-refractivity contribution in [2.75, 3.05) is 0 Å². The van der Waals surface area contributed by atoms with E-state index >= 15 is 0 Å². The van der Waals surface area contributed by atoms with Crippen LogP contribution in [-0.2, 0) is 4.79 Å². The topological polar surface area (TPSA) is 121 Å². The third kappa shape index (κ3) is 6.11. The van der Waals surface area contributed by atoms with Gasteiger partial charge in [-0.3, -0.25) is 4.79 Å². The van der Waals surface area contributed by atoms with Crippen LogP contribution in [-0.4, -0.2) is 27.2 Å². The molecule has 6 nitrogen and oxygen atoms in total. The molecule has 0 aliphatic carbocycles. The van der Waals surface area contributed by atoms with Crippen LogP contribution in [0.25, 0.3) is 0 Å². The Hall–Kier alpha value is -2.50. The minimum Gasteiger partial charge on any atom is -0.504 e. The lowest BCUT2D eigenvalue weighted by molar-refractivity contribution is -0.114. The van der Waals surface area contributed by atoms with Gasteiger partial charge in [0.2, 0.25) is 5.91 Å². The standard InChI is InChI=1S/C7H6O4.C6H11NO/c8-5-2-1-4(7(10)11)3-6(5)9;1-3-4-5(2)6(7)8/h1-3,8-9H,(H,10,11);4H,3H2,1-2H3,(H2,7,8). The zero-order valence-corrected chi connectivity index (χ0v) is 10.8. The van der Waals surface area contributed by atoms with Gasteiger partial charge in [0.25, 0.3) is 0 Å². The molecule has 6 heteroatoms. The summed E-state index contributed by atoms with van der Waals surface area (Å²) in [6.07, 6.45) is 2.68. The molecule has 0 unspecified atom stereocenters. The van der Waals surface area contributed by atoms with E-state index in [2.05, 4.69) is 0 Å². The fourth-order valence-electron chi connectivity index (χ4n) is 1.06. The van der Waals surface area contributed by atoms with Crippen LogP contribution in [0.15, 0.2) is 29.8 Å². The maximum absolute atomic E-state index is 10.3. The molecule has 104 valence electrons. The van der Waals surface area contributed by atoms with Crippen molar-refractivity contribution >= 4 is 11.9 Å². The van der Waals surface area contributed by atoms with Crippen molar-refractivity contribution in [3.05, 3.63) is 35.4 Å². The van der Waals surface area contributed by atoms with Crippen LogP contribution in [0, 0.1) is 0 Å². The van der Waals surface area contributed by atoms with Crippen LogP contribution in [0.4, 0.5) is 0 Å². The summed E-state index contributed by atoms with van der Waals surface area (Å²) in [6, 6.07) is 3.31. The van der Waals surface area contributed by atoms with Crippen molar-refractivity contribution in [2.45, 2.75) is 20.3 Å². The first kappa shape index (κ1) is 16.5. The molecule has 0 spiro atoms. The largest absolute Gasteiger partial charge is 0.504 e. The SMILES string of the molecule is CCC=C(C)C(N)=O.O=C(O)c1ccc(O)c(O)c1. The Labute approximate surface area is 110 Å². The zero-order chi connectivity index (χ0) is 15.0.